The van der Waals surface area contributed by atoms with Crippen molar-refractivity contribution < 1.29 is 9.47 Å². The van der Waals surface area contributed by atoms with Crippen LogP contribution in [0, 0.1) is 0 Å². The van der Waals surface area contributed by atoms with Crippen LogP contribution < -0.4 is 0 Å². The fourth-order valence-corrected chi connectivity index (χ4v) is 0.459. The summed E-state index contributed by atoms with van der Waals surface area (Å²) in [5.41, 5.74) is 0. The van der Waals surface area contributed by atoms with E-state index in [1.165, 1.54) is 6.26 Å². The Morgan fingerprint density at radius 3 is 2.78 bits per heavy atom. The Morgan fingerprint density at radius 1 is 1.67 bits per heavy atom. The smallest absolute Gasteiger partial charge is 0.196 e. The Kier molecular flexibility index (Phi) is 5.32. The fourth-order valence-electron chi connectivity index (χ4n) is 0.459. The van der Waals surface area contributed by atoms with Crippen molar-refractivity contribution in [2.75, 3.05) is 6.61 Å². The number of hydrogen-bond acceptors (Lipinski definition) is 2. The van der Waals surface area contributed by atoms with Crippen LogP contribution in [-0.2, 0) is 9.47 Å². The third-order valence-corrected chi connectivity index (χ3v) is 0.845. The van der Waals surface area contributed by atoms with Crippen LogP contribution in [0.4, 0.5) is 0 Å². The zero-order chi connectivity index (χ0) is 7.11. The summed E-state index contributed by atoms with van der Waals surface area (Å²) >= 11 is 0. The van der Waals surface area contributed by atoms with E-state index >= 15 is 0 Å². The van der Waals surface area contributed by atoms with E-state index in [2.05, 4.69) is 13.5 Å². The number of hydrogen-bond donors (Lipinski definition) is 0. The predicted octanol–water partition coefficient (Wildman–Crippen LogP) is 1.92. The largest absolute Gasteiger partial charge is 0.473 e. The van der Waals surface area contributed by atoms with Gasteiger partial charge in [0, 0.05) is 0 Å². The Morgan fingerprint density at radius 2 is 2.33 bits per heavy atom. The van der Waals surface area contributed by atoms with Crippen molar-refractivity contribution in [3.8, 4) is 0 Å². The summed E-state index contributed by atoms with van der Waals surface area (Å²) in [5.74, 6) is 0. The zero-order valence-corrected chi connectivity index (χ0v) is 6.09. The van der Waals surface area contributed by atoms with Crippen LogP contribution in [0.2, 0.25) is 0 Å². The van der Waals surface area contributed by atoms with E-state index in [9.17, 15) is 0 Å². The molecule has 0 radical (unpaired) electrons. The van der Waals surface area contributed by atoms with Crippen molar-refractivity contribution in [3.05, 3.63) is 12.8 Å². The van der Waals surface area contributed by atoms with Crippen LogP contribution in [0.1, 0.15) is 20.3 Å². The summed E-state index contributed by atoms with van der Waals surface area (Å²) < 4.78 is 10.0. The molecule has 2 nitrogen and oxygen atoms in total. The first kappa shape index (κ1) is 8.50. The molecule has 0 heterocycles. The van der Waals surface area contributed by atoms with Crippen molar-refractivity contribution in [2.45, 2.75) is 26.6 Å². The van der Waals surface area contributed by atoms with Crippen LogP contribution in [0.3, 0.4) is 0 Å². The molecule has 0 spiro atoms. The summed E-state index contributed by atoms with van der Waals surface area (Å²) in [7, 11) is 0. The van der Waals surface area contributed by atoms with Gasteiger partial charge in [-0.15, -0.1) is 0 Å². The Hall–Kier alpha value is -0.500. The van der Waals surface area contributed by atoms with Crippen molar-refractivity contribution in [1.82, 2.24) is 0 Å². The molecule has 0 rings (SSSR count). The lowest BCUT2D eigenvalue weighted by Crippen LogP contribution is -2.09. The van der Waals surface area contributed by atoms with Gasteiger partial charge in [-0.3, -0.25) is 0 Å². The molecule has 0 aromatic heterocycles. The minimum absolute atomic E-state index is 0.151. The highest BCUT2D eigenvalue weighted by Crippen LogP contribution is 1.93. The number of rotatable bonds is 5. The number of ether oxygens (including phenoxy) is 2. The van der Waals surface area contributed by atoms with Gasteiger partial charge in [-0.2, -0.15) is 0 Å². The summed E-state index contributed by atoms with van der Waals surface area (Å²) in [6.45, 7) is 8.05. The summed E-state index contributed by atoms with van der Waals surface area (Å²) in [6, 6.07) is 0. The molecular weight excluding hydrogens is 116 g/mol. The third kappa shape index (κ3) is 5.37. The quantitative estimate of drug-likeness (QED) is 0.418. The summed E-state index contributed by atoms with van der Waals surface area (Å²) in [4.78, 5) is 0. The van der Waals surface area contributed by atoms with Gasteiger partial charge in [-0.1, -0.05) is 13.5 Å². The summed E-state index contributed by atoms with van der Waals surface area (Å²) in [5, 5.41) is 0. The molecule has 0 aliphatic rings. The monoisotopic (exact) mass is 130 g/mol. The molecule has 0 aromatic rings. The molecule has 0 saturated heterocycles. The normalized spacial score (nSPS) is 12.7. The van der Waals surface area contributed by atoms with Crippen molar-refractivity contribution in [3.63, 3.8) is 0 Å². The molecule has 0 bridgehead atoms. The first-order chi connectivity index (χ1) is 4.31. The first-order valence-electron chi connectivity index (χ1n) is 3.19. The van der Waals surface area contributed by atoms with E-state index in [0.717, 1.165) is 13.0 Å². The molecule has 0 amide bonds. The Bertz CT molecular complexity index is 71.3. The molecule has 1 atom stereocenters. The fraction of sp³-hybridized carbons (Fsp3) is 0.714. The zero-order valence-electron chi connectivity index (χ0n) is 6.09. The molecule has 9 heavy (non-hydrogen) atoms. The van der Waals surface area contributed by atoms with Gasteiger partial charge in [0.25, 0.3) is 0 Å². The molecule has 0 fully saturated rings. The molecule has 0 aromatic carbocycles. The highest BCUT2D eigenvalue weighted by atomic mass is 16.7. The lowest BCUT2D eigenvalue weighted by Gasteiger charge is -2.10. The average Bonchev–Trinajstić information content (AvgIpc) is 1.85. The topological polar surface area (TPSA) is 18.5 Å². The van der Waals surface area contributed by atoms with Gasteiger partial charge in [0.2, 0.25) is 0 Å². The van der Waals surface area contributed by atoms with E-state index in [1.54, 1.807) is 0 Å². The summed E-state index contributed by atoms with van der Waals surface area (Å²) in [6.07, 6.45) is 2.26. The highest BCUT2D eigenvalue weighted by molar-refractivity contribution is 4.49. The first-order valence-corrected chi connectivity index (χ1v) is 3.19. The van der Waals surface area contributed by atoms with Gasteiger partial charge in [-0.05, 0) is 13.3 Å². The standard InChI is InChI=1S/C7H14O2/c1-4-6-9-7(3)8-5-2/h5,7H,2,4,6H2,1,3H3. The molecule has 2 heteroatoms. The molecule has 0 saturated carbocycles. The lowest BCUT2D eigenvalue weighted by atomic mass is 10.5. The third-order valence-electron chi connectivity index (χ3n) is 0.845. The van der Waals surface area contributed by atoms with Crippen LogP contribution in [0.25, 0.3) is 0 Å². The van der Waals surface area contributed by atoms with Crippen LogP contribution >= 0.6 is 0 Å². The molecule has 1 unspecified atom stereocenters. The van der Waals surface area contributed by atoms with Gasteiger partial charge in [-0.25, -0.2) is 0 Å². The minimum Gasteiger partial charge on any atom is -0.473 e. The maximum absolute atomic E-state index is 5.14. The second-order valence-corrected chi connectivity index (χ2v) is 1.74. The molecular formula is C7H14O2. The second kappa shape index (κ2) is 5.63. The average molecular weight is 130 g/mol. The highest BCUT2D eigenvalue weighted by Gasteiger charge is 1.95. The molecule has 0 aliphatic heterocycles. The van der Waals surface area contributed by atoms with Gasteiger partial charge >= 0.3 is 0 Å². The van der Waals surface area contributed by atoms with E-state index in [-0.39, 0.29) is 6.29 Å². The van der Waals surface area contributed by atoms with Gasteiger partial charge in [0.15, 0.2) is 6.29 Å². The van der Waals surface area contributed by atoms with Crippen LogP contribution in [-0.4, -0.2) is 12.9 Å². The van der Waals surface area contributed by atoms with Crippen LogP contribution in [0.5, 0.6) is 0 Å². The minimum atomic E-state index is -0.151. The molecule has 0 aliphatic carbocycles. The van der Waals surface area contributed by atoms with Gasteiger partial charge in [0.1, 0.15) is 0 Å². The van der Waals surface area contributed by atoms with E-state index in [0.29, 0.717) is 0 Å². The van der Waals surface area contributed by atoms with Crippen molar-refractivity contribution in [1.29, 1.82) is 0 Å². The van der Waals surface area contributed by atoms with Crippen molar-refractivity contribution in [2.24, 2.45) is 0 Å². The Labute approximate surface area is 56.5 Å². The Balaban J connectivity index is 3.04. The molecule has 0 N–H and O–H groups in total. The SMILES string of the molecule is C=COC(C)OCCC. The van der Waals surface area contributed by atoms with Gasteiger partial charge in [0.05, 0.1) is 12.9 Å². The lowest BCUT2D eigenvalue weighted by molar-refractivity contribution is -0.0921. The maximum atomic E-state index is 5.14. The maximum Gasteiger partial charge on any atom is 0.196 e. The second-order valence-electron chi connectivity index (χ2n) is 1.74. The van der Waals surface area contributed by atoms with Crippen LogP contribution in [0.15, 0.2) is 12.8 Å². The van der Waals surface area contributed by atoms with E-state index in [1.807, 2.05) is 6.92 Å². The molecule has 54 valence electrons. The van der Waals surface area contributed by atoms with E-state index < -0.39 is 0 Å². The predicted molar refractivity (Wildman–Crippen MR) is 37.0 cm³/mol. The van der Waals surface area contributed by atoms with Gasteiger partial charge < -0.3 is 9.47 Å². The van der Waals surface area contributed by atoms with E-state index in [4.69, 9.17) is 9.47 Å². The van der Waals surface area contributed by atoms with Crippen molar-refractivity contribution >= 4 is 0 Å².